The summed E-state index contributed by atoms with van der Waals surface area (Å²) >= 11 is 1.61. The standard InChI is InChI=1S/C28H32N4O4S/c1-28(2,3)24-15-25(32-10-12-34-13-11-32)31-27(30-24)37-17-19-4-7-21(8-5-19)26(33)29-16-20-6-9-22-23(14-20)36-18-35-22/h4-9,14-15H,10-13,16-18H2,1-3H3,(H,29,33). The Hall–Kier alpha value is -3.30. The monoisotopic (exact) mass is 520 g/mol. The Morgan fingerprint density at radius 2 is 1.70 bits per heavy atom. The van der Waals surface area contributed by atoms with Gasteiger partial charge in [0.25, 0.3) is 5.91 Å². The van der Waals surface area contributed by atoms with Gasteiger partial charge < -0.3 is 24.4 Å². The van der Waals surface area contributed by atoms with Crippen molar-refractivity contribution in [3.63, 3.8) is 0 Å². The highest BCUT2D eigenvalue weighted by Gasteiger charge is 2.21. The molecule has 8 nitrogen and oxygen atoms in total. The smallest absolute Gasteiger partial charge is 0.251 e. The van der Waals surface area contributed by atoms with Gasteiger partial charge in [0.05, 0.1) is 18.9 Å². The highest BCUT2D eigenvalue weighted by atomic mass is 32.2. The zero-order valence-corrected chi connectivity index (χ0v) is 22.3. The number of nitrogens with one attached hydrogen (secondary N) is 1. The summed E-state index contributed by atoms with van der Waals surface area (Å²) in [6, 6.07) is 15.5. The quantitative estimate of drug-likeness (QED) is 0.358. The fraction of sp³-hybridized carbons (Fsp3) is 0.393. The van der Waals surface area contributed by atoms with Crippen molar-refractivity contribution in [1.29, 1.82) is 0 Å². The van der Waals surface area contributed by atoms with E-state index < -0.39 is 0 Å². The van der Waals surface area contributed by atoms with E-state index >= 15 is 0 Å². The van der Waals surface area contributed by atoms with Crippen molar-refractivity contribution in [2.24, 2.45) is 0 Å². The Balaban J connectivity index is 1.20. The van der Waals surface area contributed by atoms with E-state index in [1.807, 2.05) is 42.5 Å². The first-order valence-electron chi connectivity index (χ1n) is 12.5. The van der Waals surface area contributed by atoms with Crippen LogP contribution in [-0.4, -0.2) is 49.0 Å². The number of carbonyl (C=O) groups is 1. The second-order valence-electron chi connectivity index (χ2n) is 10.1. The molecule has 1 aromatic heterocycles. The lowest BCUT2D eigenvalue weighted by Crippen LogP contribution is -2.37. The molecule has 9 heteroatoms. The molecule has 5 rings (SSSR count). The molecule has 2 aromatic carbocycles. The van der Waals surface area contributed by atoms with Gasteiger partial charge in [0.1, 0.15) is 5.82 Å². The number of hydrogen-bond acceptors (Lipinski definition) is 8. The molecule has 0 saturated carbocycles. The summed E-state index contributed by atoms with van der Waals surface area (Å²) in [6.07, 6.45) is 0. The third kappa shape index (κ3) is 6.34. The first-order chi connectivity index (χ1) is 17.8. The molecule has 0 radical (unpaired) electrons. The molecular weight excluding hydrogens is 488 g/mol. The second-order valence-corrected chi connectivity index (χ2v) is 11.0. The number of fused-ring (bicyclic) bond motifs is 1. The molecule has 3 heterocycles. The minimum Gasteiger partial charge on any atom is -0.454 e. The first kappa shape index (κ1) is 25.4. The molecule has 0 atom stereocenters. The van der Waals surface area contributed by atoms with Gasteiger partial charge in [-0.05, 0) is 35.4 Å². The Labute approximate surface area is 221 Å². The molecule has 194 valence electrons. The lowest BCUT2D eigenvalue weighted by molar-refractivity contribution is 0.0951. The SMILES string of the molecule is CC(C)(C)c1cc(N2CCOCC2)nc(SCc2ccc(C(=O)NCc3ccc4c(c3)OCO4)cc2)n1. The maximum Gasteiger partial charge on any atom is 0.251 e. The Morgan fingerprint density at radius 1 is 0.973 bits per heavy atom. The maximum atomic E-state index is 12.7. The average molecular weight is 521 g/mol. The molecule has 2 aliphatic rings. The van der Waals surface area contributed by atoms with Gasteiger partial charge in [-0.25, -0.2) is 9.97 Å². The van der Waals surface area contributed by atoms with Crippen LogP contribution >= 0.6 is 11.8 Å². The highest BCUT2D eigenvalue weighted by Crippen LogP contribution is 2.32. The number of thioether (sulfide) groups is 1. The Kier molecular flexibility index (Phi) is 7.53. The topological polar surface area (TPSA) is 85.8 Å². The second kappa shape index (κ2) is 11.0. The van der Waals surface area contributed by atoms with Crippen LogP contribution in [0.4, 0.5) is 5.82 Å². The summed E-state index contributed by atoms with van der Waals surface area (Å²) in [5, 5.41) is 3.73. The van der Waals surface area contributed by atoms with Crippen LogP contribution in [0.5, 0.6) is 11.5 Å². The van der Waals surface area contributed by atoms with E-state index in [1.54, 1.807) is 11.8 Å². The van der Waals surface area contributed by atoms with Gasteiger partial charge in [-0.1, -0.05) is 50.7 Å². The number of anilines is 1. The van der Waals surface area contributed by atoms with E-state index in [4.69, 9.17) is 24.2 Å². The van der Waals surface area contributed by atoms with Gasteiger partial charge in [-0.2, -0.15) is 0 Å². The third-order valence-electron chi connectivity index (χ3n) is 6.27. The van der Waals surface area contributed by atoms with Gasteiger partial charge in [0.15, 0.2) is 16.7 Å². The van der Waals surface area contributed by atoms with E-state index in [0.29, 0.717) is 31.1 Å². The van der Waals surface area contributed by atoms with Crippen LogP contribution in [0.25, 0.3) is 0 Å². The molecule has 0 aliphatic carbocycles. The fourth-order valence-electron chi connectivity index (χ4n) is 4.05. The number of hydrogen-bond donors (Lipinski definition) is 1. The molecule has 0 unspecified atom stereocenters. The number of nitrogens with zero attached hydrogens (tertiary/aromatic N) is 3. The minimum absolute atomic E-state index is 0.0745. The van der Waals surface area contributed by atoms with Gasteiger partial charge in [0.2, 0.25) is 6.79 Å². The van der Waals surface area contributed by atoms with Crippen LogP contribution < -0.4 is 19.7 Å². The van der Waals surface area contributed by atoms with Crippen molar-refractivity contribution in [3.8, 4) is 11.5 Å². The largest absolute Gasteiger partial charge is 0.454 e. The van der Waals surface area contributed by atoms with Gasteiger partial charge in [0, 0.05) is 42.4 Å². The molecule has 37 heavy (non-hydrogen) atoms. The number of morpholine rings is 1. The van der Waals surface area contributed by atoms with Crippen molar-refractivity contribution in [3.05, 3.63) is 70.9 Å². The Bertz CT molecular complexity index is 1250. The number of aromatic nitrogens is 2. The van der Waals surface area contributed by atoms with E-state index in [0.717, 1.165) is 52.4 Å². The molecule has 0 bridgehead atoms. The first-order valence-corrected chi connectivity index (χ1v) is 13.4. The van der Waals surface area contributed by atoms with Crippen molar-refractivity contribution in [2.75, 3.05) is 38.0 Å². The highest BCUT2D eigenvalue weighted by molar-refractivity contribution is 7.98. The van der Waals surface area contributed by atoms with Gasteiger partial charge in [-0.15, -0.1) is 0 Å². The van der Waals surface area contributed by atoms with Gasteiger partial charge >= 0.3 is 0 Å². The molecule has 1 amide bonds. The third-order valence-corrected chi connectivity index (χ3v) is 7.19. The summed E-state index contributed by atoms with van der Waals surface area (Å²) in [7, 11) is 0. The lowest BCUT2D eigenvalue weighted by Gasteiger charge is -2.29. The molecule has 3 aromatic rings. The predicted octanol–water partition coefficient (Wildman–Crippen LogP) is 4.56. The van der Waals surface area contributed by atoms with E-state index in [9.17, 15) is 4.79 Å². The molecule has 1 saturated heterocycles. The van der Waals surface area contributed by atoms with Gasteiger partial charge in [-0.3, -0.25) is 4.79 Å². The minimum atomic E-state index is -0.117. The zero-order valence-electron chi connectivity index (χ0n) is 21.5. The zero-order chi connectivity index (χ0) is 25.8. The number of amides is 1. The van der Waals surface area contributed by atoms with Crippen molar-refractivity contribution < 1.29 is 19.0 Å². The summed E-state index contributed by atoms with van der Waals surface area (Å²) < 4.78 is 16.2. The van der Waals surface area contributed by atoms with Crippen molar-refractivity contribution >= 4 is 23.5 Å². The number of carbonyl (C=O) groups excluding carboxylic acids is 1. The lowest BCUT2D eigenvalue weighted by atomic mass is 9.92. The predicted molar refractivity (Wildman–Crippen MR) is 144 cm³/mol. The van der Waals surface area contributed by atoms with Crippen molar-refractivity contribution in [2.45, 2.75) is 43.6 Å². The molecule has 1 fully saturated rings. The summed E-state index contributed by atoms with van der Waals surface area (Å²) in [4.78, 5) is 24.6. The molecule has 2 aliphatic heterocycles. The summed E-state index contributed by atoms with van der Waals surface area (Å²) in [5.41, 5.74) is 3.64. The maximum absolute atomic E-state index is 12.7. The number of benzene rings is 2. The van der Waals surface area contributed by atoms with Crippen LogP contribution in [-0.2, 0) is 22.4 Å². The number of rotatable bonds is 7. The van der Waals surface area contributed by atoms with E-state index in [-0.39, 0.29) is 18.1 Å². The fourth-order valence-corrected chi connectivity index (χ4v) is 4.86. The number of ether oxygens (including phenoxy) is 3. The van der Waals surface area contributed by atoms with Crippen LogP contribution in [0, 0.1) is 0 Å². The van der Waals surface area contributed by atoms with Crippen LogP contribution in [0.1, 0.15) is 48.0 Å². The van der Waals surface area contributed by atoms with E-state index in [1.165, 1.54) is 0 Å². The van der Waals surface area contributed by atoms with Crippen molar-refractivity contribution in [1.82, 2.24) is 15.3 Å². The molecular formula is C28H32N4O4S. The van der Waals surface area contributed by atoms with E-state index in [2.05, 4.69) is 37.1 Å². The van der Waals surface area contributed by atoms with Crippen LogP contribution in [0.2, 0.25) is 0 Å². The van der Waals surface area contributed by atoms with Crippen LogP contribution in [0.3, 0.4) is 0 Å². The molecule has 1 N–H and O–H groups in total. The average Bonchev–Trinajstić information content (AvgIpc) is 3.39. The normalized spacial score (nSPS) is 15.1. The van der Waals surface area contributed by atoms with Crippen LogP contribution in [0.15, 0.2) is 53.7 Å². The molecule has 0 spiro atoms. The summed E-state index contributed by atoms with van der Waals surface area (Å²) in [6.45, 7) is 10.3. The Morgan fingerprint density at radius 3 is 2.46 bits per heavy atom. The summed E-state index contributed by atoms with van der Waals surface area (Å²) in [5.74, 6) is 3.00.